The van der Waals surface area contributed by atoms with E-state index in [1.54, 1.807) is 0 Å². The van der Waals surface area contributed by atoms with Crippen molar-refractivity contribution in [2.75, 3.05) is 14.1 Å². The first-order chi connectivity index (χ1) is 11.8. The maximum Gasteiger partial charge on any atom is 0.0713 e. The molecule has 3 nitrogen and oxygen atoms in total. The largest absolute Gasteiger partial charge is 0.388 e. The van der Waals surface area contributed by atoms with Gasteiger partial charge in [-0.3, -0.25) is 0 Å². The number of pyridine rings is 1. The summed E-state index contributed by atoms with van der Waals surface area (Å²) in [6.45, 7) is 0. The molecule has 2 N–H and O–H groups in total. The SMILES string of the molecule is CNC1=CCC(NC)(c2c3ccccc3nc3ccccc23)C=C1. The minimum atomic E-state index is -0.234. The van der Waals surface area contributed by atoms with Crippen LogP contribution in [0.15, 0.2) is 72.5 Å². The third kappa shape index (κ3) is 2.21. The minimum absolute atomic E-state index is 0.234. The zero-order valence-corrected chi connectivity index (χ0v) is 14.0. The van der Waals surface area contributed by atoms with Crippen molar-refractivity contribution in [2.24, 2.45) is 0 Å². The van der Waals surface area contributed by atoms with Gasteiger partial charge in [-0.1, -0.05) is 48.6 Å². The van der Waals surface area contributed by atoms with E-state index in [-0.39, 0.29) is 5.54 Å². The predicted molar refractivity (Wildman–Crippen MR) is 101 cm³/mol. The Morgan fingerprint density at radius 1 is 0.917 bits per heavy atom. The van der Waals surface area contributed by atoms with E-state index in [1.165, 1.54) is 16.3 Å². The summed E-state index contributed by atoms with van der Waals surface area (Å²) in [6, 6.07) is 16.8. The fourth-order valence-electron chi connectivity index (χ4n) is 3.64. The number of hydrogen-bond donors (Lipinski definition) is 2. The lowest BCUT2D eigenvalue weighted by Crippen LogP contribution is -2.39. The molecule has 1 aliphatic rings. The zero-order valence-electron chi connectivity index (χ0n) is 14.0. The Kier molecular flexibility index (Phi) is 3.58. The quantitative estimate of drug-likeness (QED) is 0.721. The highest BCUT2D eigenvalue weighted by Crippen LogP contribution is 2.39. The lowest BCUT2D eigenvalue weighted by molar-refractivity contribution is 0.461. The van der Waals surface area contributed by atoms with Crippen molar-refractivity contribution < 1.29 is 0 Å². The topological polar surface area (TPSA) is 37.0 Å². The first-order valence-corrected chi connectivity index (χ1v) is 8.31. The van der Waals surface area contributed by atoms with Crippen LogP contribution in [0.25, 0.3) is 21.8 Å². The molecule has 24 heavy (non-hydrogen) atoms. The molecule has 0 amide bonds. The molecule has 1 aromatic heterocycles. The number of nitrogens with one attached hydrogen (secondary N) is 2. The van der Waals surface area contributed by atoms with Crippen molar-refractivity contribution in [1.82, 2.24) is 15.6 Å². The van der Waals surface area contributed by atoms with Crippen LogP contribution in [-0.2, 0) is 5.54 Å². The number of rotatable bonds is 3. The molecule has 1 heterocycles. The molecule has 0 saturated heterocycles. The molecule has 0 spiro atoms. The summed E-state index contributed by atoms with van der Waals surface area (Å²) < 4.78 is 0. The summed E-state index contributed by atoms with van der Waals surface area (Å²) in [7, 11) is 3.99. The fourth-order valence-corrected chi connectivity index (χ4v) is 3.64. The molecule has 0 bridgehead atoms. The van der Waals surface area contributed by atoms with Crippen LogP contribution < -0.4 is 10.6 Å². The second-order valence-electron chi connectivity index (χ2n) is 6.19. The molecule has 0 radical (unpaired) electrons. The van der Waals surface area contributed by atoms with Crippen molar-refractivity contribution in [2.45, 2.75) is 12.0 Å². The Bertz CT molecular complexity index is 917. The van der Waals surface area contributed by atoms with Crippen LogP contribution in [0.5, 0.6) is 0 Å². The summed E-state index contributed by atoms with van der Waals surface area (Å²) in [5.41, 5.74) is 4.30. The van der Waals surface area contributed by atoms with E-state index >= 15 is 0 Å². The fraction of sp³-hybridized carbons (Fsp3) is 0.190. The molecule has 4 rings (SSSR count). The van der Waals surface area contributed by atoms with Gasteiger partial charge in [-0.2, -0.15) is 0 Å². The van der Waals surface area contributed by atoms with Gasteiger partial charge in [0, 0.05) is 23.5 Å². The predicted octanol–water partition coefficient (Wildman–Crippen LogP) is 3.87. The second-order valence-corrected chi connectivity index (χ2v) is 6.19. The average molecular weight is 315 g/mol. The molecule has 2 aromatic carbocycles. The second kappa shape index (κ2) is 5.77. The van der Waals surface area contributed by atoms with Gasteiger partial charge in [0.1, 0.15) is 0 Å². The number of hydrogen-bond acceptors (Lipinski definition) is 3. The van der Waals surface area contributed by atoms with E-state index in [9.17, 15) is 0 Å². The normalized spacial score (nSPS) is 20.3. The highest BCUT2D eigenvalue weighted by atomic mass is 14.9. The number of allylic oxidation sites excluding steroid dienone is 1. The van der Waals surface area contributed by atoms with E-state index < -0.39 is 0 Å². The van der Waals surface area contributed by atoms with E-state index in [0.717, 1.165) is 23.2 Å². The lowest BCUT2D eigenvalue weighted by Gasteiger charge is -2.34. The maximum absolute atomic E-state index is 4.85. The van der Waals surface area contributed by atoms with Crippen LogP contribution in [0.2, 0.25) is 0 Å². The van der Waals surface area contributed by atoms with Crippen molar-refractivity contribution in [3.8, 4) is 0 Å². The van der Waals surface area contributed by atoms with Gasteiger partial charge in [0.05, 0.1) is 16.6 Å². The van der Waals surface area contributed by atoms with Crippen LogP contribution in [0.4, 0.5) is 0 Å². The van der Waals surface area contributed by atoms with E-state index in [1.807, 2.05) is 14.1 Å². The van der Waals surface area contributed by atoms with Gasteiger partial charge in [-0.05, 0) is 37.2 Å². The Balaban J connectivity index is 2.06. The van der Waals surface area contributed by atoms with Crippen LogP contribution in [0.1, 0.15) is 12.0 Å². The van der Waals surface area contributed by atoms with E-state index in [0.29, 0.717) is 0 Å². The molecular formula is C21H21N3. The first-order valence-electron chi connectivity index (χ1n) is 8.31. The highest BCUT2D eigenvalue weighted by Gasteiger charge is 2.32. The van der Waals surface area contributed by atoms with Crippen LogP contribution in [-0.4, -0.2) is 19.1 Å². The summed E-state index contributed by atoms with van der Waals surface area (Å²) in [6.07, 6.45) is 7.58. The van der Waals surface area contributed by atoms with Crippen LogP contribution in [0, 0.1) is 0 Å². The number of likely N-dealkylation sites (N-methyl/N-ethyl adjacent to an activating group) is 2. The van der Waals surface area contributed by atoms with Gasteiger partial charge in [-0.25, -0.2) is 4.98 Å². The first kappa shape index (κ1) is 14.9. The number of benzene rings is 2. The van der Waals surface area contributed by atoms with Crippen LogP contribution >= 0.6 is 0 Å². The Hall–Kier alpha value is -2.65. The Morgan fingerprint density at radius 3 is 2.04 bits per heavy atom. The van der Waals surface area contributed by atoms with Gasteiger partial charge in [0.2, 0.25) is 0 Å². The number of aromatic nitrogens is 1. The van der Waals surface area contributed by atoms with Crippen molar-refractivity contribution in [3.63, 3.8) is 0 Å². The molecule has 0 fully saturated rings. The number of nitrogens with zero attached hydrogens (tertiary/aromatic N) is 1. The van der Waals surface area contributed by atoms with Crippen molar-refractivity contribution in [3.05, 3.63) is 78.0 Å². The van der Waals surface area contributed by atoms with Gasteiger partial charge in [0.25, 0.3) is 0 Å². The monoisotopic (exact) mass is 315 g/mol. The summed E-state index contributed by atoms with van der Waals surface area (Å²) in [5.74, 6) is 0. The van der Waals surface area contributed by atoms with Gasteiger partial charge in [-0.15, -0.1) is 0 Å². The third-order valence-electron chi connectivity index (χ3n) is 4.96. The molecule has 1 atom stereocenters. The van der Waals surface area contributed by atoms with Gasteiger partial charge >= 0.3 is 0 Å². The summed E-state index contributed by atoms with van der Waals surface area (Å²) in [4.78, 5) is 4.85. The minimum Gasteiger partial charge on any atom is -0.388 e. The average Bonchev–Trinajstić information content (AvgIpc) is 2.66. The standard InChI is InChI=1S/C21H21N3/c1-22-15-11-13-21(23-2,14-12-15)20-16-7-3-5-9-18(16)24-19-10-6-4-8-17(19)20/h3-13,22-23H,14H2,1-2H3. The molecule has 1 aliphatic carbocycles. The smallest absolute Gasteiger partial charge is 0.0713 e. The lowest BCUT2D eigenvalue weighted by atomic mass is 9.79. The number of fused-ring (bicyclic) bond motifs is 2. The van der Waals surface area contributed by atoms with E-state index in [4.69, 9.17) is 4.98 Å². The molecule has 120 valence electrons. The molecule has 0 saturated carbocycles. The number of para-hydroxylation sites is 2. The van der Waals surface area contributed by atoms with Gasteiger partial charge in [0.15, 0.2) is 0 Å². The molecule has 1 unspecified atom stereocenters. The van der Waals surface area contributed by atoms with Gasteiger partial charge < -0.3 is 10.6 Å². The van der Waals surface area contributed by atoms with Crippen molar-refractivity contribution >= 4 is 21.8 Å². The highest BCUT2D eigenvalue weighted by molar-refractivity contribution is 5.98. The molecule has 3 aromatic rings. The molecular weight excluding hydrogens is 294 g/mol. The zero-order chi connectivity index (χ0) is 16.6. The van der Waals surface area contributed by atoms with Crippen molar-refractivity contribution in [1.29, 1.82) is 0 Å². The molecule has 3 heteroatoms. The van der Waals surface area contributed by atoms with Crippen LogP contribution in [0.3, 0.4) is 0 Å². The maximum atomic E-state index is 4.85. The molecule has 0 aliphatic heterocycles. The third-order valence-corrected chi connectivity index (χ3v) is 4.96. The summed E-state index contributed by atoms with van der Waals surface area (Å²) in [5, 5.41) is 9.21. The Labute approximate surface area is 142 Å². The van der Waals surface area contributed by atoms with E-state index in [2.05, 4.69) is 77.4 Å². The summed E-state index contributed by atoms with van der Waals surface area (Å²) >= 11 is 0. The Morgan fingerprint density at radius 2 is 1.54 bits per heavy atom.